The monoisotopic (exact) mass is 303 g/mol. The molecule has 0 N–H and O–H groups in total. The van der Waals surface area contributed by atoms with Crippen LogP contribution in [0.15, 0.2) is 42.6 Å². The van der Waals surface area contributed by atoms with E-state index in [0.717, 1.165) is 23.4 Å². The van der Waals surface area contributed by atoms with Crippen LogP contribution in [0.4, 0.5) is 0 Å². The van der Waals surface area contributed by atoms with Crippen molar-refractivity contribution in [2.75, 3.05) is 0 Å². The van der Waals surface area contributed by atoms with Gasteiger partial charge < -0.3 is 0 Å². The van der Waals surface area contributed by atoms with Crippen LogP contribution in [0, 0.1) is 24.7 Å². The van der Waals surface area contributed by atoms with E-state index in [1.165, 1.54) is 49.7 Å². The Morgan fingerprint density at radius 1 is 0.913 bits per heavy atom. The molecule has 23 heavy (non-hydrogen) atoms. The molecule has 4 aliphatic carbocycles. The standard InChI is InChI=1S/C22H25N/c1-15-5-6-19(11-20(15)21-4-2-3-7-23-21)22-12-16-8-17(13-22)10-18(9-16)14-22/h2-7,11,16-18H,8-10,12-14H2,1H3. The number of aromatic nitrogens is 1. The lowest BCUT2D eigenvalue weighted by molar-refractivity contribution is -0.00517. The third-order valence-corrected chi connectivity index (χ3v) is 6.83. The van der Waals surface area contributed by atoms with Crippen molar-refractivity contribution in [3.05, 3.63) is 53.7 Å². The predicted octanol–water partition coefficient (Wildman–Crippen LogP) is 5.52. The molecule has 6 rings (SSSR count). The maximum Gasteiger partial charge on any atom is 0.0704 e. The summed E-state index contributed by atoms with van der Waals surface area (Å²) in [6, 6.07) is 13.5. The van der Waals surface area contributed by atoms with E-state index >= 15 is 0 Å². The van der Waals surface area contributed by atoms with Gasteiger partial charge in [0.25, 0.3) is 0 Å². The van der Waals surface area contributed by atoms with E-state index in [-0.39, 0.29) is 0 Å². The van der Waals surface area contributed by atoms with Crippen molar-refractivity contribution in [3.8, 4) is 11.3 Å². The van der Waals surface area contributed by atoms with E-state index < -0.39 is 0 Å². The minimum atomic E-state index is 0.478. The van der Waals surface area contributed by atoms with Crippen molar-refractivity contribution in [1.82, 2.24) is 4.98 Å². The number of hydrogen-bond donors (Lipinski definition) is 0. The summed E-state index contributed by atoms with van der Waals surface area (Å²) in [5.41, 5.74) is 5.88. The Morgan fingerprint density at radius 2 is 1.61 bits per heavy atom. The second kappa shape index (κ2) is 4.93. The van der Waals surface area contributed by atoms with Crippen LogP contribution < -0.4 is 0 Å². The minimum Gasteiger partial charge on any atom is -0.256 e. The summed E-state index contributed by atoms with van der Waals surface area (Å²) in [5, 5.41) is 0. The Hall–Kier alpha value is -1.63. The summed E-state index contributed by atoms with van der Waals surface area (Å²) < 4.78 is 0. The normalized spacial score (nSPS) is 34.7. The van der Waals surface area contributed by atoms with Crippen LogP contribution in [0.3, 0.4) is 0 Å². The SMILES string of the molecule is Cc1ccc(C23CC4CC(CC(C4)C2)C3)cc1-c1ccccn1. The first kappa shape index (κ1) is 13.8. The van der Waals surface area contributed by atoms with Crippen molar-refractivity contribution in [1.29, 1.82) is 0 Å². The van der Waals surface area contributed by atoms with E-state index in [9.17, 15) is 0 Å². The third-order valence-electron chi connectivity index (χ3n) is 6.83. The Bertz CT molecular complexity index is 696. The largest absolute Gasteiger partial charge is 0.256 e. The lowest BCUT2D eigenvalue weighted by atomic mass is 9.48. The lowest BCUT2D eigenvalue weighted by Crippen LogP contribution is -2.48. The summed E-state index contributed by atoms with van der Waals surface area (Å²) in [5.74, 6) is 3.00. The van der Waals surface area contributed by atoms with Crippen molar-refractivity contribution in [2.45, 2.75) is 50.9 Å². The Balaban J connectivity index is 1.59. The maximum atomic E-state index is 4.60. The topological polar surface area (TPSA) is 12.9 Å². The van der Waals surface area contributed by atoms with Gasteiger partial charge in [0.1, 0.15) is 0 Å². The molecule has 4 saturated carbocycles. The molecule has 4 bridgehead atoms. The van der Waals surface area contributed by atoms with Gasteiger partial charge in [-0.05, 0) is 97.9 Å². The van der Waals surface area contributed by atoms with Crippen LogP contribution in [-0.2, 0) is 5.41 Å². The fourth-order valence-electron chi connectivity index (χ4n) is 6.21. The molecule has 1 heteroatoms. The summed E-state index contributed by atoms with van der Waals surface area (Å²) in [7, 11) is 0. The molecule has 0 spiro atoms. The third kappa shape index (κ3) is 2.16. The molecule has 0 atom stereocenters. The maximum absolute atomic E-state index is 4.60. The van der Waals surface area contributed by atoms with Gasteiger partial charge >= 0.3 is 0 Å². The highest BCUT2D eigenvalue weighted by atomic mass is 14.7. The molecule has 118 valence electrons. The molecular weight excluding hydrogens is 278 g/mol. The smallest absolute Gasteiger partial charge is 0.0704 e. The molecular formula is C22H25N. The highest BCUT2D eigenvalue weighted by Gasteiger charge is 2.51. The fraction of sp³-hybridized carbons (Fsp3) is 0.500. The molecule has 0 radical (unpaired) electrons. The summed E-state index contributed by atoms with van der Waals surface area (Å²) in [6.45, 7) is 2.22. The van der Waals surface area contributed by atoms with Crippen LogP contribution in [0.25, 0.3) is 11.3 Å². The summed E-state index contributed by atoms with van der Waals surface area (Å²) >= 11 is 0. The molecule has 0 amide bonds. The Morgan fingerprint density at radius 3 is 2.22 bits per heavy atom. The van der Waals surface area contributed by atoms with Gasteiger partial charge in [-0.2, -0.15) is 0 Å². The first-order valence-electron chi connectivity index (χ1n) is 9.24. The molecule has 0 saturated heterocycles. The number of rotatable bonds is 2. The fourth-order valence-corrected chi connectivity index (χ4v) is 6.21. The molecule has 1 aromatic carbocycles. The van der Waals surface area contributed by atoms with Crippen molar-refractivity contribution in [2.24, 2.45) is 17.8 Å². The molecule has 0 unspecified atom stereocenters. The van der Waals surface area contributed by atoms with Crippen molar-refractivity contribution in [3.63, 3.8) is 0 Å². The van der Waals surface area contributed by atoms with Gasteiger partial charge in [0.05, 0.1) is 5.69 Å². The number of hydrogen-bond acceptors (Lipinski definition) is 1. The number of aryl methyl sites for hydroxylation is 1. The van der Waals surface area contributed by atoms with Crippen molar-refractivity contribution >= 4 is 0 Å². The van der Waals surface area contributed by atoms with Crippen LogP contribution >= 0.6 is 0 Å². The van der Waals surface area contributed by atoms with Crippen LogP contribution in [0.2, 0.25) is 0 Å². The number of nitrogens with zero attached hydrogens (tertiary/aromatic N) is 1. The molecule has 0 aliphatic heterocycles. The van der Waals surface area contributed by atoms with Gasteiger partial charge in [0, 0.05) is 11.8 Å². The zero-order chi connectivity index (χ0) is 15.4. The van der Waals surface area contributed by atoms with Gasteiger partial charge in [-0.1, -0.05) is 18.2 Å². The minimum absolute atomic E-state index is 0.478. The zero-order valence-electron chi connectivity index (χ0n) is 14.0. The van der Waals surface area contributed by atoms with Crippen LogP contribution in [0.5, 0.6) is 0 Å². The average molecular weight is 303 g/mol. The highest BCUT2D eigenvalue weighted by molar-refractivity contribution is 5.64. The summed E-state index contributed by atoms with van der Waals surface area (Å²) in [6.07, 6.45) is 10.7. The van der Waals surface area contributed by atoms with E-state index in [0.29, 0.717) is 5.41 Å². The zero-order valence-corrected chi connectivity index (χ0v) is 14.0. The van der Waals surface area contributed by atoms with Gasteiger partial charge in [-0.25, -0.2) is 0 Å². The van der Waals surface area contributed by atoms with E-state index in [2.05, 4.69) is 42.2 Å². The lowest BCUT2D eigenvalue weighted by Gasteiger charge is -2.57. The van der Waals surface area contributed by atoms with E-state index in [4.69, 9.17) is 0 Å². The number of pyridine rings is 1. The first-order valence-corrected chi connectivity index (χ1v) is 9.24. The second-order valence-electron chi connectivity index (χ2n) is 8.44. The Labute approximate surface area is 139 Å². The molecule has 1 heterocycles. The predicted molar refractivity (Wildman–Crippen MR) is 94.3 cm³/mol. The average Bonchev–Trinajstić information content (AvgIpc) is 2.55. The second-order valence-corrected chi connectivity index (χ2v) is 8.44. The van der Waals surface area contributed by atoms with Gasteiger partial charge in [-0.15, -0.1) is 0 Å². The molecule has 4 fully saturated rings. The molecule has 1 nitrogen and oxygen atoms in total. The Kier molecular flexibility index (Phi) is 2.95. The van der Waals surface area contributed by atoms with Crippen molar-refractivity contribution < 1.29 is 0 Å². The van der Waals surface area contributed by atoms with Gasteiger partial charge in [0.15, 0.2) is 0 Å². The molecule has 4 aliphatic rings. The summed E-state index contributed by atoms with van der Waals surface area (Å²) in [4.78, 5) is 4.60. The molecule has 2 aromatic rings. The highest BCUT2D eigenvalue weighted by Crippen LogP contribution is 2.60. The van der Waals surface area contributed by atoms with E-state index in [1.54, 1.807) is 5.56 Å². The quantitative estimate of drug-likeness (QED) is 0.711. The number of benzene rings is 1. The van der Waals surface area contributed by atoms with E-state index in [1.807, 2.05) is 12.3 Å². The van der Waals surface area contributed by atoms with Crippen LogP contribution in [0.1, 0.15) is 49.7 Å². The molecule has 1 aromatic heterocycles. The van der Waals surface area contributed by atoms with Crippen LogP contribution in [-0.4, -0.2) is 4.98 Å². The first-order chi connectivity index (χ1) is 11.2. The van der Waals surface area contributed by atoms with Gasteiger partial charge in [-0.3, -0.25) is 4.98 Å². The van der Waals surface area contributed by atoms with Gasteiger partial charge in [0.2, 0.25) is 0 Å².